The summed E-state index contributed by atoms with van der Waals surface area (Å²) in [4.78, 5) is 11.4. The Bertz CT molecular complexity index is 481. The van der Waals surface area contributed by atoms with Crippen LogP contribution < -0.4 is 0 Å². The summed E-state index contributed by atoms with van der Waals surface area (Å²) in [6.07, 6.45) is 1.12. The number of hydrogen-bond donors (Lipinski definition) is 0. The summed E-state index contributed by atoms with van der Waals surface area (Å²) in [5, 5.41) is 0. The maximum absolute atomic E-state index is 11.7. The molecule has 0 aromatic heterocycles. The molecule has 0 spiro atoms. The first-order valence-corrected chi connectivity index (χ1v) is 7.75. The van der Waals surface area contributed by atoms with Crippen molar-refractivity contribution in [1.29, 1.82) is 0 Å². The zero-order valence-corrected chi connectivity index (χ0v) is 11.6. The highest BCUT2D eigenvalue weighted by Crippen LogP contribution is 2.15. The minimum Gasteiger partial charge on any atom is -0.293 e. The summed E-state index contributed by atoms with van der Waals surface area (Å²) in [5.74, 6) is 0.0159. The van der Waals surface area contributed by atoms with Gasteiger partial charge in [-0.2, -0.15) is 0 Å². The van der Waals surface area contributed by atoms with Crippen molar-refractivity contribution in [2.45, 2.75) is 9.72 Å². The Balaban J connectivity index is 3.00. The SMILES string of the molecule is CS(=O)(=O)c1ccc(C(=O)C(Br)CCl)cc1. The molecule has 3 nitrogen and oxygen atoms in total. The highest BCUT2D eigenvalue weighted by molar-refractivity contribution is 9.10. The number of halogens is 2. The van der Waals surface area contributed by atoms with Crippen molar-refractivity contribution in [3.05, 3.63) is 29.8 Å². The fourth-order valence-corrected chi connectivity index (χ4v) is 2.15. The average Bonchev–Trinajstić information content (AvgIpc) is 2.26. The highest BCUT2D eigenvalue weighted by Gasteiger charge is 2.16. The van der Waals surface area contributed by atoms with Gasteiger partial charge in [-0.05, 0) is 12.1 Å². The average molecular weight is 326 g/mol. The Kier molecular flexibility index (Phi) is 4.52. The van der Waals surface area contributed by atoms with Crippen LogP contribution in [0.4, 0.5) is 0 Å². The number of sulfone groups is 1. The van der Waals surface area contributed by atoms with Crippen LogP contribution in [0.2, 0.25) is 0 Å². The lowest BCUT2D eigenvalue weighted by Gasteiger charge is -2.05. The Labute approximate surface area is 108 Å². The van der Waals surface area contributed by atoms with Crippen LogP contribution in [-0.2, 0) is 9.84 Å². The lowest BCUT2D eigenvalue weighted by molar-refractivity contribution is 0.0996. The minimum atomic E-state index is -3.22. The van der Waals surface area contributed by atoms with Crippen LogP contribution in [0.1, 0.15) is 10.4 Å². The smallest absolute Gasteiger partial charge is 0.177 e. The summed E-state index contributed by atoms with van der Waals surface area (Å²) in [6.45, 7) is 0. The number of rotatable bonds is 4. The van der Waals surface area contributed by atoms with Gasteiger partial charge in [-0.3, -0.25) is 4.79 Å². The molecule has 0 amide bonds. The van der Waals surface area contributed by atoms with Gasteiger partial charge >= 0.3 is 0 Å². The Hall–Kier alpha value is -0.390. The van der Waals surface area contributed by atoms with Crippen LogP contribution in [-0.4, -0.2) is 31.2 Å². The molecule has 0 bridgehead atoms. The molecule has 0 saturated carbocycles. The number of carbonyl (C=O) groups excluding carboxylic acids is 1. The fraction of sp³-hybridized carbons (Fsp3) is 0.300. The molecule has 1 aromatic rings. The predicted octanol–water partition coefficient (Wildman–Crippen LogP) is 2.28. The molecule has 0 aliphatic carbocycles. The number of alkyl halides is 2. The van der Waals surface area contributed by atoms with E-state index in [9.17, 15) is 13.2 Å². The monoisotopic (exact) mass is 324 g/mol. The Morgan fingerprint density at radius 3 is 2.25 bits per heavy atom. The standard InChI is InChI=1S/C10H10BrClO3S/c1-16(14,15)8-4-2-7(3-5-8)10(13)9(11)6-12/h2-5,9H,6H2,1H3. The van der Waals surface area contributed by atoms with Crippen molar-refractivity contribution >= 4 is 43.2 Å². The van der Waals surface area contributed by atoms with Crippen molar-refractivity contribution in [3.8, 4) is 0 Å². The van der Waals surface area contributed by atoms with E-state index in [4.69, 9.17) is 11.6 Å². The summed E-state index contributed by atoms with van der Waals surface area (Å²) >= 11 is 8.67. The molecule has 6 heteroatoms. The van der Waals surface area contributed by atoms with Crippen molar-refractivity contribution in [2.75, 3.05) is 12.1 Å². The van der Waals surface area contributed by atoms with E-state index in [0.717, 1.165) is 6.26 Å². The maximum atomic E-state index is 11.7. The van der Waals surface area contributed by atoms with Crippen molar-refractivity contribution < 1.29 is 13.2 Å². The first kappa shape index (κ1) is 13.7. The van der Waals surface area contributed by atoms with E-state index >= 15 is 0 Å². The molecule has 1 unspecified atom stereocenters. The molecule has 16 heavy (non-hydrogen) atoms. The first-order valence-electron chi connectivity index (χ1n) is 4.40. The van der Waals surface area contributed by atoms with Gasteiger partial charge in [0.25, 0.3) is 0 Å². The molecule has 88 valence electrons. The van der Waals surface area contributed by atoms with Gasteiger partial charge in [0, 0.05) is 17.7 Å². The number of carbonyl (C=O) groups is 1. The van der Waals surface area contributed by atoms with Gasteiger partial charge in [0.2, 0.25) is 0 Å². The van der Waals surface area contributed by atoms with E-state index in [1.54, 1.807) is 0 Å². The topological polar surface area (TPSA) is 51.2 Å². The molecule has 1 aromatic carbocycles. The highest BCUT2D eigenvalue weighted by atomic mass is 79.9. The third-order valence-corrected chi connectivity index (χ3v) is 4.54. The lowest BCUT2D eigenvalue weighted by atomic mass is 10.1. The third-order valence-electron chi connectivity index (χ3n) is 1.99. The van der Waals surface area contributed by atoms with Gasteiger partial charge in [-0.1, -0.05) is 28.1 Å². The van der Waals surface area contributed by atoms with Gasteiger partial charge in [0.1, 0.15) is 0 Å². The van der Waals surface area contributed by atoms with E-state index in [1.807, 2.05) is 0 Å². The van der Waals surface area contributed by atoms with Gasteiger partial charge in [0.15, 0.2) is 15.6 Å². The maximum Gasteiger partial charge on any atom is 0.177 e. The number of ketones is 1. The fourth-order valence-electron chi connectivity index (χ4n) is 1.12. The number of Topliss-reactive ketones (excluding diaryl/α,β-unsaturated/α-hetero) is 1. The molecule has 0 fully saturated rings. The number of benzene rings is 1. The molecule has 0 N–H and O–H groups in total. The lowest BCUT2D eigenvalue weighted by Crippen LogP contribution is -2.15. The second kappa shape index (κ2) is 5.29. The Morgan fingerprint density at radius 1 is 1.38 bits per heavy atom. The van der Waals surface area contributed by atoms with Gasteiger partial charge in [-0.25, -0.2) is 8.42 Å². The molecule has 1 atom stereocenters. The minimum absolute atomic E-state index is 0.157. The van der Waals surface area contributed by atoms with Gasteiger partial charge in [0.05, 0.1) is 9.72 Å². The van der Waals surface area contributed by atoms with Crippen molar-refractivity contribution in [1.82, 2.24) is 0 Å². The van der Waals surface area contributed by atoms with Gasteiger partial charge < -0.3 is 0 Å². The largest absolute Gasteiger partial charge is 0.293 e. The van der Waals surface area contributed by atoms with Gasteiger partial charge in [-0.15, -0.1) is 11.6 Å². The van der Waals surface area contributed by atoms with E-state index in [-0.39, 0.29) is 16.6 Å². The molecule has 1 rings (SSSR count). The molecular weight excluding hydrogens is 316 g/mol. The molecule has 0 radical (unpaired) electrons. The third kappa shape index (κ3) is 3.30. The van der Waals surface area contributed by atoms with Crippen LogP contribution >= 0.6 is 27.5 Å². The van der Waals surface area contributed by atoms with E-state index in [1.165, 1.54) is 24.3 Å². The van der Waals surface area contributed by atoms with Crippen LogP contribution in [0, 0.1) is 0 Å². The Morgan fingerprint density at radius 2 is 1.88 bits per heavy atom. The van der Waals surface area contributed by atoms with Crippen LogP contribution in [0.3, 0.4) is 0 Å². The summed E-state index contributed by atoms with van der Waals surface area (Å²) in [5.41, 5.74) is 0.440. The molecule has 0 heterocycles. The zero-order valence-electron chi connectivity index (χ0n) is 8.48. The molecule has 0 aliphatic heterocycles. The summed E-state index contributed by atoms with van der Waals surface area (Å²) in [7, 11) is -3.22. The molecule has 0 saturated heterocycles. The van der Waals surface area contributed by atoms with Crippen LogP contribution in [0.25, 0.3) is 0 Å². The molecular formula is C10H10BrClO3S. The van der Waals surface area contributed by atoms with E-state index in [2.05, 4.69) is 15.9 Å². The van der Waals surface area contributed by atoms with E-state index in [0.29, 0.717) is 5.56 Å². The predicted molar refractivity (Wildman–Crippen MR) is 67.3 cm³/mol. The second-order valence-electron chi connectivity index (χ2n) is 3.28. The second-order valence-corrected chi connectivity index (χ2v) is 6.71. The summed E-state index contributed by atoms with van der Waals surface area (Å²) < 4.78 is 22.4. The zero-order chi connectivity index (χ0) is 12.3. The number of hydrogen-bond acceptors (Lipinski definition) is 3. The van der Waals surface area contributed by atoms with E-state index < -0.39 is 14.7 Å². The van der Waals surface area contributed by atoms with Crippen molar-refractivity contribution in [3.63, 3.8) is 0 Å². The molecule has 0 aliphatic rings. The quantitative estimate of drug-likeness (QED) is 0.630. The van der Waals surface area contributed by atoms with Crippen molar-refractivity contribution in [2.24, 2.45) is 0 Å². The summed E-state index contributed by atoms with van der Waals surface area (Å²) in [6, 6.07) is 5.80. The first-order chi connectivity index (χ1) is 7.36. The van der Waals surface area contributed by atoms with Crippen LogP contribution in [0.15, 0.2) is 29.2 Å². The normalized spacial score (nSPS) is 13.4. The van der Waals surface area contributed by atoms with Crippen LogP contribution in [0.5, 0.6) is 0 Å².